The Kier molecular flexibility index (Phi) is 4.67. The standard InChI is InChI=1S/C12H19NO2Si/c1-16(2,3)9-5-7-12(14)15-11-6-4-8-13-10-11/h4,6,8,10H,5,7,9H2,1-3H3. The van der Waals surface area contributed by atoms with E-state index < -0.39 is 8.07 Å². The molecule has 0 N–H and O–H groups in total. The Hall–Kier alpha value is -1.16. The highest BCUT2D eigenvalue weighted by Gasteiger charge is 2.13. The number of ether oxygens (including phenoxy) is 1. The number of aromatic nitrogens is 1. The number of hydrogen-bond donors (Lipinski definition) is 0. The molecule has 0 aliphatic heterocycles. The molecule has 0 aliphatic rings. The van der Waals surface area contributed by atoms with Crippen molar-refractivity contribution in [3.05, 3.63) is 24.5 Å². The van der Waals surface area contributed by atoms with E-state index in [4.69, 9.17) is 4.74 Å². The average Bonchev–Trinajstić information content (AvgIpc) is 2.17. The third-order valence-corrected chi connectivity index (χ3v) is 4.03. The number of carbonyl (C=O) groups excluding carboxylic acids is 1. The number of carbonyl (C=O) groups is 1. The minimum absolute atomic E-state index is 0.161. The summed E-state index contributed by atoms with van der Waals surface area (Å²) in [6.07, 6.45) is 4.63. The molecule has 0 fully saturated rings. The van der Waals surface area contributed by atoms with Crippen molar-refractivity contribution in [3.63, 3.8) is 0 Å². The molecule has 0 aliphatic carbocycles. The van der Waals surface area contributed by atoms with E-state index in [9.17, 15) is 4.79 Å². The van der Waals surface area contributed by atoms with Crippen LogP contribution in [0.2, 0.25) is 25.7 Å². The van der Waals surface area contributed by atoms with Crippen molar-refractivity contribution >= 4 is 14.0 Å². The first-order valence-electron chi connectivity index (χ1n) is 5.58. The van der Waals surface area contributed by atoms with Gasteiger partial charge in [-0.1, -0.05) is 25.7 Å². The molecule has 0 radical (unpaired) electrons. The van der Waals surface area contributed by atoms with Gasteiger partial charge in [0, 0.05) is 20.7 Å². The highest BCUT2D eigenvalue weighted by atomic mass is 28.3. The second-order valence-corrected chi connectivity index (χ2v) is 10.7. The largest absolute Gasteiger partial charge is 0.425 e. The Balaban J connectivity index is 2.27. The summed E-state index contributed by atoms with van der Waals surface area (Å²) in [6.45, 7) is 6.92. The number of pyridine rings is 1. The van der Waals surface area contributed by atoms with Gasteiger partial charge in [0.15, 0.2) is 0 Å². The van der Waals surface area contributed by atoms with Gasteiger partial charge in [0.05, 0.1) is 6.20 Å². The molecule has 88 valence electrons. The summed E-state index contributed by atoms with van der Waals surface area (Å²) in [5.74, 6) is 0.367. The first-order chi connectivity index (χ1) is 7.47. The van der Waals surface area contributed by atoms with E-state index in [1.807, 2.05) is 0 Å². The molecule has 0 bridgehead atoms. The number of nitrogens with zero attached hydrogens (tertiary/aromatic N) is 1. The van der Waals surface area contributed by atoms with Crippen LogP contribution in [-0.2, 0) is 4.79 Å². The van der Waals surface area contributed by atoms with E-state index in [0.29, 0.717) is 12.2 Å². The number of rotatable bonds is 5. The maximum atomic E-state index is 11.5. The fourth-order valence-electron chi connectivity index (χ4n) is 1.35. The Bertz CT molecular complexity index is 333. The lowest BCUT2D eigenvalue weighted by Gasteiger charge is -2.14. The maximum absolute atomic E-state index is 11.5. The molecular formula is C12H19NO2Si. The van der Waals surface area contributed by atoms with E-state index >= 15 is 0 Å². The zero-order valence-corrected chi connectivity index (χ0v) is 11.2. The molecular weight excluding hydrogens is 218 g/mol. The third kappa shape index (κ3) is 5.65. The molecule has 1 heterocycles. The van der Waals surface area contributed by atoms with E-state index in [1.54, 1.807) is 24.5 Å². The molecule has 1 rings (SSSR count). The Morgan fingerprint density at radius 2 is 2.19 bits per heavy atom. The van der Waals surface area contributed by atoms with Crippen LogP contribution < -0.4 is 4.74 Å². The number of hydrogen-bond acceptors (Lipinski definition) is 3. The lowest BCUT2D eigenvalue weighted by atomic mass is 10.3. The molecule has 0 saturated heterocycles. The quantitative estimate of drug-likeness (QED) is 0.583. The summed E-state index contributed by atoms with van der Waals surface area (Å²) >= 11 is 0. The van der Waals surface area contributed by atoms with Crippen LogP contribution in [0.1, 0.15) is 12.8 Å². The molecule has 0 unspecified atom stereocenters. The maximum Gasteiger partial charge on any atom is 0.311 e. The van der Waals surface area contributed by atoms with Crippen molar-refractivity contribution in [2.45, 2.75) is 38.5 Å². The second-order valence-electron chi connectivity index (χ2n) is 5.08. The zero-order valence-electron chi connectivity index (χ0n) is 10.2. The van der Waals surface area contributed by atoms with Crippen LogP contribution in [0.5, 0.6) is 5.75 Å². The van der Waals surface area contributed by atoms with Gasteiger partial charge in [-0.15, -0.1) is 0 Å². The summed E-state index contributed by atoms with van der Waals surface area (Å²) in [5, 5.41) is 0. The van der Waals surface area contributed by atoms with Gasteiger partial charge in [0.2, 0.25) is 0 Å². The van der Waals surface area contributed by atoms with Gasteiger partial charge in [-0.25, -0.2) is 0 Å². The Morgan fingerprint density at radius 1 is 1.44 bits per heavy atom. The fourth-order valence-corrected chi connectivity index (χ4v) is 2.59. The first-order valence-corrected chi connectivity index (χ1v) is 9.29. The van der Waals surface area contributed by atoms with Crippen molar-refractivity contribution in [3.8, 4) is 5.75 Å². The lowest BCUT2D eigenvalue weighted by Crippen LogP contribution is -2.19. The summed E-state index contributed by atoms with van der Waals surface area (Å²) in [5.41, 5.74) is 0. The zero-order chi connectivity index (χ0) is 12.0. The Labute approximate surface area is 97.9 Å². The van der Waals surface area contributed by atoms with Gasteiger partial charge < -0.3 is 4.74 Å². The predicted molar refractivity (Wildman–Crippen MR) is 67.3 cm³/mol. The predicted octanol–water partition coefficient (Wildman–Crippen LogP) is 3.11. The molecule has 0 saturated carbocycles. The molecule has 1 aromatic rings. The van der Waals surface area contributed by atoms with Crippen LogP contribution in [0.25, 0.3) is 0 Å². The summed E-state index contributed by atoms with van der Waals surface area (Å²) in [7, 11) is -1.04. The van der Waals surface area contributed by atoms with E-state index in [2.05, 4.69) is 24.6 Å². The highest BCUT2D eigenvalue weighted by molar-refractivity contribution is 6.76. The van der Waals surface area contributed by atoms with Crippen LogP contribution in [0.3, 0.4) is 0 Å². The smallest absolute Gasteiger partial charge is 0.311 e. The van der Waals surface area contributed by atoms with Crippen LogP contribution in [0, 0.1) is 0 Å². The summed E-state index contributed by atoms with van der Waals surface area (Å²) in [6, 6.07) is 4.66. The number of esters is 1. The van der Waals surface area contributed by atoms with E-state index in [-0.39, 0.29) is 5.97 Å². The van der Waals surface area contributed by atoms with Gasteiger partial charge in [-0.3, -0.25) is 9.78 Å². The summed E-state index contributed by atoms with van der Waals surface area (Å²) < 4.78 is 5.14. The van der Waals surface area contributed by atoms with E-state index in [1.165, 1.54) is 0 Å². The SMILES string of the molecule is C[Si](C)(C)CCCC(=O)Oc1cccnc1. The third-order valence-electron chi connectivity index (χ3n) is 2.17. The molecule has 16 heavy (non-hydrogen) atoms. The van der Waals surface area contributed by atoms with Crippen molar-refractivity contribution in [2.75, 3.05) is 0 Å². The molecule has 1 aromatic heterocycles. The van der Waals surface area contributed by atoms with Crippen LogP contribution in [0.15, 0.2) is 24.5 Å². The first kappa shape index (κ1) is 12.9. The molecule has 3 nitrogen and oxygen atoms in total. The topological polar surface area (TPSA) is 39.2 Å². The monoisotopic (exact) mass is 237 g/mol. The fraction of sp³-hybridized carbons (Fsp3) is 0.500. The van der Waals surface area contributed by atoms with Crippen LogP contribution in [-0.4, -0.2) is 19.0 Å². The minimum atomic E-state index is -1.04. The van der Waals surface area contributed by atoms with Gasteiger partial charge in [0.1, 0.15) is 5.75 Å². The lowest BCUT2D eigenvalue weighted by molar-refractivity contribution is -0.134. The van der Waals surface area contributed by atoms with E-state index in [0.717, 1.165) is 12.5 Å². The normalized spacial score (nSPS) is 11.2. The molecule has 0 atom stereocenters. The second kappa shape index (κ2) is 5.79. The van der Waals surface area contributed by atoms with Crippen LogP contribution in [0.4, 0.5) is 0 Å². The van der Waals surface area contributed by atoms with Crippen molar-refractivity contribution in [1.29, 1.82) is 0 Å². The van der Waals surface area contributed by atoms with Crippen molar-refractivity contribution in [2.24, 2.45) is 0 Å². The minimum Gasteiger partial charge on any atom is -0.425 e. The molecule has 0 spiro atoms. The van der Waals surface area contributed by atoms with Gasteiger partial charge in [0.25, 0.3) is 0 Å². The highest BCUT2D eigenvalue weighted by Crippen LogP contribution is 2.14. The van der Waals surface area contributed by atoms with Gasteiger partial charge >= 0.3 is 5.97 Å². The van der Waals surface area contributed by atoms with Crippen molar-refractivity contribution in [1.82, 2.24) is 4.98 Å². The molecule has 0 amide bonds. The molecule has 0 aromatic carbocycles. The molecule has 4 heteroatoms. The van der Waals surface area contributed by atoms with Gasteiger partial charge in [-0.05, 0) is 18.6 Å². The average molecular weight is 237 g/mol. The van der Waals surface area contributed by atoms with Crippen molar-refractivity contribution < 1.29 is 9.53 Å². The van der Waals surface area contributed by atoms with Crippen LogP contribution >= 0.6 is 0 Å². The Morgan fingerprint density at radius 3 is 2.75 bits per heavy atom. The van der Waals surface area contributed by atoms with Gasteiger partial charge in [-0.2, -0.15) is 0 Å². The summed E-state index contributed by atoms with van der Waals surface area (Å²) in [4.78, 5) is 15.4.